The first-order valence-corrected chi connectivity index (χ1v) is 9.70. The minimum Gasteiger partial charge on any atom is -0.461 e. The summed E-state index contributed by atoms with van der Waals surface area (Å²) in [6.45, 7) is 0.250. The number of ether oxygens (including phenoxy) is 4. The van der Waals surface area contributed by atoms with Gasteiger partial charge < -0.3 is 24.3 Å². The van der Waals surface area contributed by atoms with E-state index in [-0.39, 0.29) is 25.1 Å². The first-order chi connectivity index (χ1) is 13.5. The monoisotopic (exact) mass is 393 g/mol. The van der Waals surface area contributed by atoms with Crippen molar-refractivity contribution in [2.45, 2.75) is 44.3 Å². The van der Waals surface area contributed by atoms with E-state index in [9.17, 15) is 19.2 Å². The van der Waals surface area contributed by atoms with Crippen LogP contribution in [0.4, 0.5) is 4.79 Å². The summed E-state index contributed by atoms with van der Waals surface area (Å²) in [5, 5.41) is 2.49. The topological polar surface area (TPSA) is 117 Å². The highest BCUT2D eigenvalue weighted by Gasteiger charge is 2.42. The lowest BCUT2D eigenvalue weighted by Crippen LogP contribution is -2.38. The van der Waals surface area contributed by atoms with Crippen LogP contribution >= 0.6 is 0 Å². The van der Waals surface area contributed by atoms with Gasteiger partial charge in [-0.2, -0.15) is 0 Å². The molecular formula is C19H23NO8. The van der Waals surface area contributed by atoms with Crippen LogP contribution in [0.5, 0.6) is 0 Å². The molecule has 0 radical (unpaired) electrons. The molecule has 5 unspecified atom stereocenters. The minimum atomic E-state index is -0.573. The molecule has 2 saturated heterocycles. The van der Waals surface area contributed by atoms with Crippen LogP contribution in [0.3, 0.4) is 0 Å². The molecule has 152 valence electrons. The zero-order valence-corrected chi connectivity index (χ0v) is 15.4. The molecule has 3 fully saturated rings. The number of amides is 1. The van der Waals surface area contributed by atoms with Gasteiger partial charge in [-0.15, -0.1) is 0 Å². The third-order valence-electron chi connectivity index (χ3n) is 5.61. The number of rotatable bonds is 6. The smallest absolute Gasteiger partial charge is 0.407 e. The highest BCUT2D eigenvalue weighted by atomic mass is 16.6. The number of carbonyl (C=O) groups excluding carboxylic acids is 4. The second-order valence-corrected chi connectivity index (χ2v) is 7.65. The predicted octanol–water partition coefficient (Wildman–Crippen LogP) is 0.859. The van der Waals surface area contributed by atoms with Crippen LogP contribution in [0.2, 0.25) is 0 Å². The number of hydrogen-bond acceptors (Lipinski definition) is 8. The largest absolute Gasteiger partial charge is 0.461 e. The van der Waals surface area contributed by atoms with Crippen LogP contribution in [0, 0.1) is 17.8 Å². The van der Waals surface area contributed by atoms with Crippen LogP contribution in [0.1, 0.15) is 32.1 Å². The van der Waals surface area contributed by atoms with Gasteiger partial charge in [0.05, 0.1) is 24.3 Å². The first-order valence-electron chi connectivity index (χ1n) is 9.70. The van der Waals surface area contributed by atoms with Crippen molar-refractivity contribution in [2.75, 3.05) is 19.8 Å². The molecule has 0 aromatic carbocycles. The summed E-state index contributed by atoms with van der Waals surface area (Å²) in [4.78, 5) is 47.7. The van der Waals surface area contributed by atoms with E-state index in [1.54, 1.807) is 0 Å². The normalized spacial score (nSPS) is 33.6. The van der Waals surface area contributed by atoms with E-state index in [0.717, 1.165) is 18.4 Å². The lowest BCUT2D eigenvalue weighted by atomic mass is 9.79. The predicted molar refractivity (Wildman–Crippen MR) is 91.7 cm³/mol. The van der Waals surface area contributed by atoms with Crippen molar-refractivity contribution in [1.82, 2.24) is 5.32 Å². The number of fused-ring (bicyclic) bond motifs is 1. The first kappa shape index (κ1) is 18.8. The lowest BCUT2D eigenvalue weighted by molar-refractivity contribution is -0.169. The van der Waals surface area contributed by atoms with Crippen LogP contribution in [-0.2, 0) is 33.3 Å². The number of esters is 3. The molecule has 9 heteroatoms. The zero-order valence-electron chi connectivity index (χ0n) is 15.4. The molecule has 9 nitrogen and oxygen atoms in total. The van der Waals surface area contributed by atoms with Gasteiger partial charge in [-0.05, 0) is 12.8 Å². The second-order valence-electron chi connectivity index (χ2n) is 7.65. The van der Waals surface area contributed by atoms with Crippen molar-refractivity contribution < 1.29 is 38.1 Å². The van der Waals surface area contributed by atoms with Gasteiger partial charge in [-0.3, -0.25) is 14.4 Å². The average molecular weight is 393 g/mol. The molecule has 2 aliphatic carbocycles. The number of carbonyl (C=O) groups is 4. The Hall–Kier alpha value is -2.58. The Bertz CT molecular complexity index is 717. The molecule has 1 saturated carbocycles. The number of cyclic esters (lactones) is 2. The van der Waals surface area contributed by atoms with Gasteiger partial charge in [0.15, 0.2) is 6.10 Å². The number of nitrogens with one attached hydrogen (secondary N) is 1. The van der Waals surface area contributed by atoms with Crippen molar-refractivity contribution >= 4 is 24.0 Å². The minimum absolute atomic E-state index is 0.00338. The zero-order chi connectivity index (χ0) is 19.7. The van der Waals surface area contributed by atoms with E-state index in [1.807, 2.05) is 6.08 Å². The molecule has 4 aliphatic rings. The van der Waals surface area contributed by atoms with Crippen LogP contribution in [0.15, 0.2) is 11.6 Å². The fourth-order valence-corrected chi connectivity index (χ4v) is 4.00. The third-order valence-corrected chi connectivity index (χ3v) is 5.61. The molecule has 28 heavy (non-hydrogen) atoms. The summed E-state index contributed by atoms with van der Waals surface area (Å²) in [6.07, 6.45) is 3.72. The highest BCUT2D eigenvalue weighted by molar-refractivity contribution is 5.85. The van der Waals surface area contributed by atoms with Crippen molar-refractivity contribution in [3.63, 3.8) is 0 Å². The molecule has 2 aliphatic heterocycles. The molecule has 1 amide bonds. The van der Waals surface area contributed by atoms with Gasteiger partial charge in [0, 0.05) is 6.42 Å². The third kappa shape index (κ3) is 4.13. The molecule has 4 rings (SSSR count). The Morgan fingerprint density at radius 2 is 1.64 bits per heavy atom. The Kier molecular flexibility index (Phi) is 5.23. The van der Waals surface area contributed by atoms with Crippen molar-refractivity contribution in [3.05, 3.63) is 11.6 Å². The molecule has 2 heterocycles. The lowest BCUT2D eigenvalue weighted by Gasteiger charge is -2.29. The fraction of sp³-hybridized carbons (Fsp3) is 0.684. The summed E-state index contributed by atoms with van der Waals surface area (Å²) in [5.41, 5.74) is 1.04. The van der Waals surface area contributed by atoms with E-state index >= 15 is 0 Å². The van der Waals surface area contributed by atoms with Gasteiger partial charge in [0.25, 0.3) is 0 Å². The number of hydrogen-bond donors (Lipinski definition) is 1. The van der Waals surface area contributed by atoms with Crippen LogP contribution in [-0.4, -0.2) is 56.0 Å². The maximum Gasteiger partial charge on any atom is 0.407 e. The van der Waals surface area contributed by atoms with Crippen molar-refractivity contribution in [3.8, 4) is 0 Å². The van der Waals surface area contributed by atoms with Gasteiger partial charge in [-0.25, -0.2) is 4.79 Å². The van der Waals surface area contributed by atoms with Crippen molar-refractivity contribution in [2.24, 2.45) is 17.8 Å². The summed E-state index contributed by atoms with van der Waals surface area (Å²) >= 11 is 0. The van der Waals surface area contributed by atoms with Gasteiger partial charge in [0.1, 0.15) is 19.3 Å². The van der Waals surface area contributed by atoms with Crippen LogP contribution < -0.4 is 5.32 Å². The van der Waals surface area contributed by atoms with E-state index in [1.165, 1.54) is 0 Å². The van der Waals surface area contributed by atoms with E-state index < -0.39 is 42.1 Å². The Morgan fingerprint density at radius 1 is 1.00 bits per heavy atom. The van der Waals surface area contributed by atoms with Crippen LogP contribution in [0.25, 0.3) is 0 Å². The molecule has 1 N–H and O–H groups in total. The second kappa shape index (κ2) is 7.81. The molecular weight excluding hydrogens is 370 g/mol. The maximum absolute atomic E-state index is 12.6. The Balaban J connectivity index is 1.26. The van der Waals surface area contributed by atoms with Crippen molar-refractivity contribution in [1.29, 1.82) is 0 Å². The molecule has 0 aromatic rings. The molecule has 0 spiro atoms. The molecule has 5 atom stereocenters. The maximum atomic E-state index is 12.6. The number of alkyl carbamates (subject to hydrolysis) is 1. The Labute approximate surface area is 161 Å². The Morgan fingerprint density at radius 3 is 2.21 bits per heavy atom. The summed E-state index contributed by atoms with van der Waals surface area (Å²) in [7, 11) is 0. The summed E-state index contributed by atoms with van der Waals surface area (Å²) < 4.78 is 20.8. The molecule has 0 bridgehead atoms. The van der Waals surface area contributed by atoms with Gasteiger partial charge in [-0.1, -0.05) is 24.5 Å². The highest BCUT2D eigenvalue weighted by Crippen LogP contribution is 2.39. The van der Waals surface area contributed by atoms with E-state index in [2.05, 4.69) is 5.32 Å². The SMILES string of the molecule is O=C1NCC(COC(=O)C2CCCCC2C(=O)OCC2CC3=CC3C(=O)O2)O1. The van der Waals surface area contributed by atoms with Gasteiger partial charge >= 0.3 is 24.0 Å². The average Bonchev–Trinajstić information content (AvgIpc) is 3.37. The fourth-order valence-electron chi connectivity index (χ4n) is 4.00. The van der Waals surface area contributed by atoms with E-state index in [0.29, 0.717) is 25.8 Å². The quantitative estimate of drug-likeness (QED) is 0.401. The standard InChI is InChI=1S/C19H23NO8/c21-16(25-8-11-5-10-6-15(10)18(23)27-11)13-3-1-2-4-14(13)17(22)26-9-12-7-20-19(24)28-12/h6,11-15H,1-5,7-9H2,(H,20,24). The van der Waals surface area contributed by atoms with E-state index in [4.69, 9.17) is 18.9 Å². The molecule has 0 aromatic heterocycles. The van der Waals surface area contributed by atoms with Gasteiger partial charge in [0.2, 0.25) is 0 Å². The summed E-state index contributed by atoms with van der Waals surface area (Å²) in [6, 6.07) is 0. The summed E-state index contributed by atoms with van der Waals surface area (Å²) in [5.74, 6) is -2.53.